The minimum atomic E-state index is 0. The van der Waals surface area contributed by atoms with E-state index in [-0.39, 0.29) is 74.7 Å². The zero-order valence-corrected chi connectivity index (χ0v) is 82.4. The van der Waals surface area contributed by atoms with E-state index in [0.29, 0.717) is 0 Å². The van der Waals surface area contributed by atoms with Crippen molar-refractivity contribution < 1.29 is 73.4 Å². The van der Waals surface area contributed by atoms with Gasteiger partial charge >= 0.3 is 63.2 Å². The summed E-state index contributed by atoms with van der Waals surface area (Å²) in [5, 5.41) is 23.5. The molecule has 2 atom stereocenters. The zero-order chi connectivity index (χ0) is 90.5. The standard InChI is InChI=1S/C46H42N2.C46H36N2.C15H11N2O.C11H9NO.C6H5.3Pt/c2*1-4-10-41(11-5-1)42-26-22-35(23-27-42)16-19-38-30-39(20-17-36-24-28-45(47-33-36)43-12-6-2-7-13-43)32-40(31-38)21-18-37-25-29-46(48-34-37)44-14-8-3-9-15-44;18-15-8-2-1-7-14(15)12-5-3-6-13(11-12)17-10-4-9-16-17;13-11-7-2-1-5-9(11)10-6-3-4-8-12-10;1-2-4-6-5-3-1;;;/h1-10,12,14,22-26,28-29,33-34,38-40H,16-21,30-32H2;1-10,12,14,22-26,28-34H,16-21H2;1-10,18H;1-8,13H;1-5H;;;/q2*-4;-1;;-1;+2;2*+4. The Bertz CT molecular complexity index is 6120. The van der Waals surface area contributed by atoms with Gasteiger partial charge in [-0.3, -0.25) is 9.67 Å². The number of benzene rings is 13. The molecule has 0 spiro atoms. The summed E-state index contributed by atoms with van der Waals surface area (Å²) in [6.07, 6.45) is 30.2. The number of pyridine rings is 5. The Morgan fingerprint density at radius 2 is 0.610 bits per heavy atom. The van der Waals surface area contributed by atoms with Gasteiger partial charge in [-0.15, -0.1) is 197 Å². The predicted molar refractivity (Wildman–Crippen MR) is 537 cm³/mol. The molecule has 19 aromatic rings. The van der Waals surface area contributed by atoms with Crippen LogP contribution in [0.2, 0.25) is 0 Å². The van der Waals surface area contributed by atoms with Crippen LogP contribution >= 0.6 is 0 Å². The molecule has 2 N–H and O–H groups in total. The van der Waals surface area contributed by atoms with E-state index in [1.54, 1.807) is 41.3 Å². The first-order valence-electron chi connectivity index (χ1n) is 45.9. The molecule has 0 amide bonds. The average Bonchev–Trinajstić information content (AvgIpc) is 1.49. The second-order valence-corrected chi connectivity index (χ2v) is 33.4. The first-order chi connectivity index (χ1) is 65.7. The molecular formula is C124H103N7O2Pt3. The molecule has 0 bridgehead atoms. The smallest absolute Gasteiger partial charge is 0.517 e. The number of aromatic hydroxyl groups is 2. The fourth-order valence-electron chi connectivity index (χ4n) is 16.9. The van der Waals surface area contributed by atoms with Crippen LogP contribution in [0.25, 0.3) is 95.4 Å². The van der Waals surface area contributed by atoms with Crippen LogP contribution in [-0.2, 0) is 121 Å². The molecule has 1 saturated carbocycles. The van der Waals surface area contributed by atoms with Crippen molar-refractivity contribution in [1.82, 2.24) is 34.7 Å². The van der Waals surface area contributed by atoms with Crippen LogP contribution in [0.5, 0.6) is 11.5 Å². The minimum Gasteiger partial charge on any atom is -0.517 e. The van der Waals surface area contributed by atoms with E-state index >= 15 is 0 Å². The van der Waals surface area contributed by atoms with Crippen molar-refractivity contribution in [3.8, 4) is 107 Å². The van der Waals surface area contributed by atoms with Gasteiger partial charge in [-0.25, -0.2) is 22.3 Å². The molecule has 9 nitrogen and oxygen atoms in total. The molecule has 0 radical (unpaired) electrons. The molecule has 20 rings (SSSR count). The third-order valence-electron chi connectivity index (χ3n) is 23.9. The normalized spacial score (nSPS) is 12.8. The summed E-state index contributed by atoms with van der Waals surface area (Å²) >= 11 is 0. The van der Waals surface area contributed by atoms with Gasteiger partial charge in [0.15, 0.2) is 0 Å². The van der Waals surface area contributed by atoms with E-state index in [0.717, 1.165) is 171 Å². The maximum absolute atomic E-state index is 9.84. The van der Waals surface area contributed by atoms with Crippen molar-refractivity contribution in [2.24, 2.45) is 17.8 Å². The van der Waals surface area contributed by atoms with Crippen molar-refractivity contribution in [2.75, 3.05) is 0 Å². The van der Waals surface area contributed by atoms with Crippen LogP contribution in [0, 0.1) is 78.4 Å². The van der Waals surface area contributed by atoms with E-state index in [2.05, 4.69) is 229 Å². The molecule has 1 fully saturated rings. The number of phenolic OH excluding ortho intramolecular Hbond substituents is 2. The summed E-state index contributed by atoms with van der Waals surface area (Å²) in [5.41, 5.74) is 28.4. The number of para-hydroxylation sites is 2. The summed E-state index contributed by atoms with van der Waals surface area (Å²) in [6.45, 7) is 0. The van der Waals surface area contributed by atoms with Crippen LogP contribution < -0.4 is 0 Å². The third kappa shape index (κ3) is 30.5. The fraction of sp³-hybridized carbons (Fsp3) is 0.145. The first-order valence-corrected chi connectivity index (χ1v) is 45.9. The quantitative estimate of drug-likeness (QED) is 0.0488. The Kier molecular flexibility index (Phi) is 39.4. The van der Waals surface area contributed by atoms with Gasteiger partial charge < -0.3 is 30.1 Å². The Hall–Kier alpha value is -13.5. The number of aromatic nitrogens is 7. The van der Waals surface area contributed by atoms with Crippen LogP contribution in [0.15, 0.2) is 413 Å². The van der Waals surface area contributed by atoms with E-state index < -0.39 is 0 Å². The topological polar surface area (TPSA) is 123 Å². The Morgan fingerprint density at radius 3 is 0.956 bits per heavy atom. The predicted octanol–water partition coefficient (Wildman–Crippen LogP) is 27.9. The van der Waals surface area contributed by atoms with Crippen LogP contribution in [-0.4, -0.2) is 44.9 Å². The van der Waals surface area contributed by atoms with Crippen molar-refractivity contribution in [1.29, 1.82) is 0 Å². The molecule has 136 heavy (non-hydrogen) atoms. The summed E-state index contributed by atoms with van der Waals surface area (Å²) in [7, 11) is 0. The van der Waals surface area contributed by atoms with Gasteiger partial charge in [0.1, 0.15) is 5.75 Å². The SMILES string of the molecule is Oc1ccccc1-c1[c-]c(-n2cccn2)ccc1.Oc1ccccc1-c1ccccn1.[Pt+2].[Pt+4].[Pt+4].[c-]1ccccc1.[c-]1ccccc1-c1[c-]cc(CCC2CC(CCc3ccc(-c4[c-]cccc4)nc3)CC(CCc3ccc(-c4[c-]cccc4)nc3)C2)cc1.[c-]1ccccc1-c1[c-]cc(CCc2cc(CCc3ccc(-c4[c-]cccc4)nc3)cc(CCc3ccc(-c4[c-]cccc4)nc3)c2)cc1. The molecular weight excluding hydrogens is 2200 g/mol. The molecule has 13 aromatic carbocycles. The molecule has 6 heterocycles. The fourth-order valence-corrected chi connectivity index (χ4v) is 16.9. The molecule has 0 saturated heterocycles. The van der Waals surface area contributed by atoms with Gasteiger partial charge in [-0.05, 0) is 199 Å². The average molecular weight is 2310 g/mol. The van der Waals surface area contributed by atoms with E-state index in [1.807, 2.05) is 219 Å². The van der Waals surface area contributed by atoms with E-state index in [4.69, 9.17) is 19.9 Å². The van der Waals surface area contributed by atoms with Crippen LogP contribution in [0.3, 0.4) is 0 Å². The maximum atomic E-state index is 9.84. The summed E-state index contributed by atoms with van der Waals surface area (Å²) < 4.78 is 1.74. The zero-order valence-electron chi connectivity index (χ0n) is 75.6. The molecule has 676 valence electrons. The number of rotatable bonds is 27. The Morgan fingerprint density at radius 1 is 0.265 bits per heavy atom. The molecule has 0 aliphatic heterocycles. The summed E-state index contributed by atoms with van der Waals surface area (Å²) in [5.74, 6) is 2.76. The maximum Gasteiger partial charge on any atom is 4.00 e. The number of phenols is 2. The molecule has 1 aliphatic rings. The largest absolute Gasteiger partial charge is 4.00 e. The van der Waals surface area contributed by atoms with Crippen molar-refractivity contribution in [3.63, 3.8) is 0 Å². The van der Waals surface area contributed by atoms with Gasteiger partial charge in [0.05, 0.1) is 11.4 Å². The van der Waals surface area contributed by atoms with Gasteiger partial charge in [-0.1, -0.05) is 128 Å². The third-order valence-corrected chi connectivity index (χ3v) is 23.9. The van der Waals surface area contributed by atoms with Crippen molar-refractivity contribution in [2.45, 2.75) is 96.3 Å². The number of nitrogens with zero attached hydrogens (tertiary/aromatic N) is 7. The second kappa shape index (κ2) is 53.5. The molecule has 2 unspecified atom stereocenters. The first kappa shape index (κ1) is 99.9. The summed E-state index contributed by atoms with van der Waals surface area (Å²) in [4.78, 5) is 23.2. The van der Waals surface area contributed by atoms with Gasteiger partial charge in [0.2, 0.25) is 0 Å². The number of hydrogen-bond acceptors (Lipinski definition) is 8. The van der Waals surface area contributed by atoms with Gasteiger partial charge in [0, 0.05) is 48.9 Å². The monoisotopic (exact) mass is 2310 g/mol. The molecule has 12 heteroatoms. The summed E-state index contributed by atoms with van der Waals surface area (Å²) in [6, 6.07) is 156. The Labute approximate surface area is 846 Å². The number of hydrogen-bond donors (Lipinski definition) is 2. The van der Waals surface area contributed by atoms with Crippen molar-refractivity contribution >= 4 is 0 Å². The van der Waals surface area contributed by atoms with E-state index in [1.165, 1.54) is 88.6 Å². The Balaban J connectivity index is 0.000000165. The molecule has 6 aromatic heterocycles. The molecule has 1 aliphatic carbocycles. The minimum absolute atomic E-state index is 0. The van der Waals surface area contributed by atoms with Crippen LogP contribution in [0.4, 0.5) is 0 Å². The van der Waals surface area contributed by atoms with Crippen molar-refractivity contribution in [3.05, 3.63) is 524 Å². The second-order valence-electron chi connectivity index (χ2n) is 33.4. The van der Waals surface area contributed by atoms with Gasteiger partial charge in [-0.2, -0.15) is 139 Å². The van der Waals surface area contributed by atoms with E-state index in [9.17, 15) is 10.2 Å². The van der Waals surface area contributed by atoms with Crippen LogP contribution in [0.1, 0.15) is 88.6 Å². The van der Waals surface area contributed by atoms with Gasteiger partial charge in [0.25, 0.3) is 0 Å². The number of aryl methyl sites for hydroxylation is 9.